The Morgan fingerprint density at radius 3 is 2.12 bits per heavy atom. The van der Waals surface area contributed by atoms with Crippen LogP contribution in [0.4, 0.5) is 5.00 Å². The highest BCUT2D eigenvalue weighted by Gasteiger charge is 2.28. The van der Waals surface area contributed by atoms with Crippen molar-refractivity contribution in [2.45, 2.75) is 19.4 Å². The third-order valence-corrected chi connectivity index (χ3v) is 7.51. The third kappa shape index (κ3) is 5.43. The fourth-order valence-electron chi connectivity index (χ4n) is 4.21. The zero-order valence-electron chi connectivity index (χ0n) is 19.0. The van der Waals surface area contributed by atoms with Gasteiger partial charge in [-0.2, -0.15) is 0 Å². The van der Waals surface area contributed by atoms with Crippen molar-refractivity contribution in [1.82, 2.24) is 9.80 Å². The van der Waals surface area contributed by atoms with Crippen LogP contribution in [0.25, 0.3) is 0 Å². The molecule has 0 saturated carbocycles. The minimum atomic E-state index is -0.338. The molecule has 0 amide bonds. The predicted octanol–water partition coefficient (Wildman–Crippen LogP) is 5.20. The van der Waals surface area contributed by atoms with Gasteiger partial charge in [-0.1, -0.05) is 67.6 Å². The number of rotatable bonds is 6. The van der Waals surface area contributed by atoms with E-state index in [1.54, 1.807) is 11.3 Å². The molecule has 5 nitrogen and oxygen atoms in total. The molecule has 0 atom stereocenters. The largest absolute Gasteiger partial charge is 0.465 e. The molecule has 172 valence electrons. The van der Waals surface area contributed by atoms with Crippen molar-refractivity contribution in [2.75, 3.05) is 38.6 Å². The topological polar surface area (TPSA) is 44.8 Å². The summed E-state index contributed by atoms with van der Waals surface area (Å²) in [5, 5.41) is 4.73. The minimum absolute atomic E-state index is 0.214. The van der Waals surface area contributed by atoms with Crippen molar-refractivity contribution < 1.29 is 9.53 Å². The van der Waals surface area contributed by atoms with E-state index in [4.69, 9.17) is 17.0 Å². The summed E-state index contributed by atoms with van der Waals surface area (Å²) < 4.78 is 4.95. The quantitative estimate of drug-likeness (QED) is 0.387. The first-order valence-electron chi connectivity index (χ1n) is 11.2. The standard InChI is InChI=1S/C26H29N3O2S2/c1-3-21-18-22(25(30)31-2)24(33-21)27-26(32)29-16-14-28(15-17-29)23(19-10-6-4-7-11-19)20-12-8-5-9-13-20/h4-13,18,23H,3,14-17H2,1-2H3,(H,27,32). The van der Waals surface area contributed by atoms with Gasteiger partial charge in [-0.25, -0.2) is 4.79 Å². The number of carbonyl (C=O) groups excluding carboxylic acids is 1. The number of hydrogen-bond acceptors (Lipinski definition) is 5. The van der Waals surface area contributed by atoms with Crippen molar-refractivity contribution in [1.29, 1.82) is 0 Å². The number of carbonyl (C=O) groups is 1. The van der Waals surface area contributed by atoms with Crippen molar-refractivity contribution in [3.8, 4) is 0 Å². The maximum absolute atomic E-state index is 12.2. The molecule has 1 N–H and O–H groups in total. The molecular formula is C26H29N3O2S2. The Bertz CT molecular complexity index is 1040. The molecule has 3 aromatic rings. The summed E-state index contributed by atoms with van der Waals surface area (Å²) in [6.07, 6.45) is 0.863. The summed E-state index contributed by atoms with van der Waals surface area (Å²) in [5.41, 5.74) is 3.14. The maximum Gasteiger partial charge on any atom is 0.340 e. The molecule has 4 rings (SSSR count). The first-order valence-corrected chi connectivity index (χ1v) is 12.4. The maximum atomic E-state index is 12.2. The monoisotopic (exact) mass is 479 g/mol. The van der Waals surface area contributed by atoms with E-state index in [0.29, 0.717) is 10.7 Å². The molecular weight excluding hydrogens is 450 g/mol. The van der Waals surface area contributed by atoms with Gasteiger partial charge in [0.1, 0.15) is 5.00 Å². The molecule has 0 aliphatic carbocycles. The van der Waals surface area contributed by atoms with Crippen LogP contribution in [0.5, 0.6) is 0 Å². The van der Waals surface area contributed by atoms with E-state index in [2.05, 4.69) is 82.7 Å². The lowest BCUT2D eigenvalue weighted by molar-refractivity contribution is 0.0602. The summed E-state index contributed by atoms with van der Waals surface area (Å²) in [4.78, 5) is 18.0. The lowest BCUT2D eigenvalue weighted by atomic mass is 9.96. The number of piperazine rings is 1. The van der Waals surface area contributed by atoms with E-state index < -0.39 is 0 Å². The minimum Gasteiger partial charge on any atom is -0.465 e. The molecule has 1 aliphatic rings. The smallest absolute Gasteiger partial charge is 0.340 e. The molecule has 0 bridgehead atoms. The highest BCUT2D eigenvalue weighted by molar-refractivity contribution is 7.80. The molecule has 2 aromatic carbocycles. The van der Waals surface area contributed by atoms with Crippen LogP contribution in [-0.4, -0.2) is 54.2 Å². The lowest BCUT2D eigenvalue weighted by Crippen LogP contribution is -2.51. The summed E-state index contributed by atoms with van der Waals surface area (Å²) in [5.74, 6) is -0.338. The highest BCUT2D eigenvalue weighted by atomic mass is 32.1. The number of aryl methyl sites for hydroxylation is 1. The Morgan fingerprint density at radius 1 is 1.03 bits per heavy atom. The Morgan fingerprint density at radius 2 is 1.61 bits per heavy atom. The molecule has 1 aromatic heterocycles. The number of anilines is 1. The fourth-order valence-corrected chi connectivity index (χ4v) is 5.55. The summed E-state index contributed by atoms with van der Waals surface area (Å²) in [7, 11) is 1.41. The lowest BCUT2D eigenvalue weighted by Gasteiger charge is -2.40. The van der Waals surface area contributed by atoms with E-state index in [1.165, 1.54) is 18.2 Å². The van der Waals surface area contributed by atoms with E-state index in [9.17, 15) is 4.79 Å². The van der Waals surface area contributed by atoms with E-state index in [-0.39, 0.29) is 12.0 Å². The highest BCUT2D eigenvalue weighted by Crippen LogP contribution is 2.31. The van der Waals surface area contributed by atoms with Gasteiger partial charge in [0, 0.05) is 31.1 Å². The number of nitrogens with zero attached hydrogens (tertiary/aromatic N) is 2. The number of hydrogen-bond donors (Lipinski definition) is 1. The first kappa shape index (κ1) is 23.4. The van der Waals surface area contributed by atoms with Crippen LogP contribution < -0.4 is 5.32 Å². The zero-order valence-corrected chi connectivity index (χ0v) is 20.6. The zero-order chi connectivity index (χ0) is 23.2. The van der Waals surface area contributed by atoms with Crippen LogP contribution in [-0.2, 0) is 11.2 Å². The predicted molar refractivity (Wildman–Crippen MR) is 139 cm³/mol. The molecule has 1 aliphatic heterocycles. The number of thiocarbonyl (C=S) groups is 1. The molecule has 1 fully saturated rings. The van der Waals surface area contributed by atoms with E-state index in [0.717, 1.165) is 42.5 Å². The van der Waals surface area contributed by atoms with Gasteiger partial charge in [0.25, 0.3) is 0 Å². The second kappa shape index (κ2) is 10.9. The first-order chi connectivity index (χ1) is 16.1. The number of ether oxygens (including phenoxy) is 1. The average Bonchev–Trinajstić information content (AvgIpc) is 3.28. The SMILES string of the molecule is CCc1cc(C(=O)OC)c(NC(=S)N2CCN(C(c3ccccc3)c3ccccc3)CC2)s1. The average molecular weight is 480 g/mol. The van der Waals surface area contributed by atoms with Crippen LogP contribution in [0, 0.1) is 0 Å². The molecule has 7 heteroatoms. The molecule has 0 radical (unpaired) electrons. The van der Waals surface area contributed by atoms with Crippen LogP contribution in [0.1, 0.15) is 39.3 Å². The second-order valence-corrected chi connectivity index (χ2v) is 9.50. The van der Waals surface area contributed by atoms with Crippen LogP contribution in [0.2, 0.25) is 0 Å². The molecule has 1 saturated heterocycles. The van der Waals surface area contributed by atoms with Crippen LogP contribution in [0.15, 0.2) is 66.7 Å². The van der Waals surface area contributed by atoms with Gasteiger partial charge in [-0.15, -0.1) is 11.3 Å². The normalized spacial score (nSPS) is 14.3. The van der Waals surface area contributed by atoms with Gasteiger partial charge in [0.15, 0.2) is 5.11 Å². The van der Waals surface area contributed by atoms with E-state index >= 15 is 0 Å². The number of esters is 1. The van der Waals surface area contributed by atoms with Gasteiger partial charge in [0.05, 0.1) is 18.7 Å². The van der Waals surface area contributed by atoms with Gasteiger partial charge in [0.2, 0.25) is 0 Å². The summed E-state index contributed by atoms with van der Waals surface area (Å²) in [6, 6.07) is 23.4. The van der Waals surface area contributed by atoms with E-state index in [1.807, 2.05) is 6.07 Å². The summed E-state index contributed by atoms with van der Waals surface area (Å²) in [6.45, 7) is 5.50. The second-order valence-electron chi connectivity index (χ2n) is 7.98. The Balaban J connectivity index is 1.45. The van der Waals surface area contributed by atoms with Crippen molar-refractivity contribution in [2.24, 2.45) is 0 Å². The summed E-state index contributed by atoms with van der Waals surface area (Å²) >= 11 is 7.28. The molecule has 0 spiro atoms. The van der Waals surface area contributed by atoms with Crippen LogP contribution >= 0.6 is 23.6 Å². The number of methoxy groups -OCH3 is 1. The number of nitrogens with one attached hydrogen (secondary N) is 1. The molecule has 0 unspecified atom stereocenters. The Kier molecular flexibility index (Phi) is 7.75. The van der Waals surface area contributed by atoms with Gasteiger partial charge in [-0.05, 0) is 35.8 Å². The van der Waals surface area contributed by atoms with Gasteiger partial charge >= 0.3 is 5.97 Å². The van der Waals surface area contributed by atoms with Gasteiger partial charge in [-0.3, -0.25) is 4.90 Å². The van der Waals surface area contributed by atoms with Gasteiger partial charge < -0.3 is 15.0 Å². The Labute approximate surface area is 205 Å². The molecule has 33 heavy (non-hydrogen) atoms. The Hall–Kier alpha value is -2.74. The third-order valence-electron chi connectivity index (χ3n) is 5.95. The van der Waals surface area contributed by atoms with Crippen LogP contribution in [0.3, 0.4) is 0 Å². The number of thiophene rings is 1. The van der Waals surface area contributed by atoms with Crippen molar-refractivity contribution in [3.63, 3.8) is 0 Å². The van der Waals surface area contributed by atoms with Crippen molar-refractivity contribution >= 4 is 39.6 Å². The molecule has 2 heterocycles. The fraction of sp³-hybridized carbons (Fsp3) is 0.308. The number of benzene rings is 2. The van der Waals surface area contributed by atoms with Crippen molar-refractivity contribution in [3.05, 3.63) is 88.3 Å².